The molecule has 0 bridgehead atoms. The number of sulfonamides is 1. The van der Waals surface area contributed by atoms with Gasteiger partial charge in [0.05, 0.1) is 5.56 Å². The van der Waals surface area contributed by atoms with Gasteiger partial charge in [0.2, 0.25) is 0 Å². The Kier molecular flexibility index (Phi) is 2.91. The van der Waals surface area contributed by atoms with Gasteiger partial charge in [-0.2, -0.15) is 0 Å². The van der Waals surface area contributed by atoms with Crippen molar-refractivity contribution in [2.24, 2.45) is 12.2 Å². The third-order valence-electron chi connectivity index (χ3n) is 2.45. The highest BCUT2D eigenvalue weighted by molar-refractivity contribution is 7.89. The summed E-state index contributed by atoms with van der Waals surface area (Å²) in [6, 6.07) is 4.55. The topological polar surface area (TPSA) is 90.9 Å². The molecule has 1 aromatic carbocycles. The molecule has 6 nitrogen and oxygen atoms in total. The number of aromatic nitrogens is 3. The molecule has 0 saturated heterocycles. The van der Waals surface area contributed by atoms with Gasteiger partial charge < -0.3 is 0 Å². The Labute approximate surface area is 103 Å². The minimum absolute atomic E-state index is 0.108. The predicted molar refractivity (Wildman–Crippen MR) is 62.5 cm³/mol. The minimum Gasteiger partial charge on any atom is -0.300 e. The summed E-state index contributed by atoms with van der Waals surface area (Å²) < 4.78 is 37.3. The first-order chi connectivity index (χ1) is 8.30. The van der Waals surface area contributed by atoms with Gasteiger partial charge in [-0.1, -0.05) is 6.07 Å². The van der Waals surface area contributed by atoms with Crippen LogP contribution in [0.1, 0.15) is 5.56 Å². The van der Waals surface area contributed by atoms with E-state index in [1.807, 2.05) is 0 Å². The number of hydrogen-bond donors (Lipinski definition) is 1. The van der Waals surface area contributed by atoms with Crippen LogP contribution in [0.25, 0.3) is 11.4 Å². The second kappa shape index (κ2) is 4.14. The lowest BCUT2D eigenvalue weighted by Gasteiger charge is -2.04. The molecule has 1 aromatic heterocycles. The van der Waals surface area contributed by atoms with Crippen LogP contribution in [0.4, 0.5) is 4.39 Å². The SMILES string of the molecule is Cc1ccc(-c2nnc(S(N)(=O)=O)n2C)c(F)c1. The monoisotopic (exact) mass is 270 g/mol. The first-order valence-electron chi connectivity index (χ1n) is 4.99. The van der Waals surface area contributed by atoms with Gasteiger partial charge in [0.25, 0.3) is 15.2 Å². The van der Waals surface area contributed by atoms with E-state index < -0.39 is 21.0 Å². The quantitative estimate of drug-likeness (QED) is 0.864. The lowest BCUT2D eigenvalue weighted by Crippen LogP contribution is -2.17. The summed E-state index contributed by atoms with van der Waals surface area (Å²) in [7, 11) is -2.56. The summed E-state index contributed by atoms with van der Waals surface area (Å²) in [5, 5.41) is 11.7. The van der Waals surface area contributed by atoms with Crippen LogP contribution in [0, 0.1) is 12.7 Å². The van der Waals surface area contributed by atoms with Gasteiger partial charge in [-0.3, -0.25) is 4.57 Å². The lowest BCUT2D eigenvalue weighted by atomic mass is 10.1. The second-order valence-corrected chi connectivity index (χ2v) is 5.35. The van der Waals surface area contributed by atoms with Gasteiger partial charge in [-0.25, -0.2) is 17.9 Å². The number of benzene rings is 1. The van der Waals surface area contributed by atoms with Gasteiger partial charge in [-0.15, -0.1) is 10.2 Å². The molecule has 0 unspecified atom stereocenters. The molecular formula is C10H11FN4O2S. The largest absolute Gasteiger partial charge is 0.300 e. The van der Waals surface area contributed by atoms with Crippen LogP contribution in [0.3, 0.4) is 0 Å². The first kappa shape index (κ1) is 12.7. The lowest BCUT2D eigenvalue weighted by molar-refractivity contribution is 0.580. The van der Waals surface area contributed by atoms with Crippen LogP contribution in [0.5, 0.6) is 0 Å². The van der Waals surface area contributed by atoms with Gasteiger partial charge in [-0.05, 0) is 24.6 Å². The zero-order chi connectivity index (χ0) is 13.5. The molecule has 8 heteroatoms. The van der Waals surface area contributed by atoms with Crippen molar-refractivity contribution in [2.45, 2.75) is 12.1 Å². The highest BCUT2D eigenvalue weighted by Crippen LogP contribution is 2.22. The van der Waals surface area contributed by atoms with E-state index in [2.05, 4.69) is 10.2 Å². The molecule has 0 aliphatic rings. The average Bonchev–Trinajstić information content (AvgIpc) is 2.60. The fraction of sp³-hybridized carbons (Fsp3) is 0.200. The van der Waals surface area contributed by atoms with Gasteiger partial charge >= 0.3 is 0 Å². The molecule has 0 aliphatic carbocycles. The van der Waals surface area contributed by atoms with Crippen LogP contribution >= 0.6 is 0 Å². The van der Waals surface area contributed by atoms with Crippen LogP contribution in [0.2, 0.25) is 0 Å². The number of rotatable bonds is 2. The molecule has 0 atom stereocenters. The number of primary sulfonamides is 1. The van der Waals surface area contributed by atoms with E-state index in [0.717, 1.165) is 10.1 Å². The molecule has 1 heterocycles. The molecule has 0 saturated carbocycles. The van der Waals surface area contributed by atoms with Crippen molar-refractivity contribution in [1.29, 1.82) is 0 Å². The predicted octanol–water partition coefficient (Wildman–Crippen LogP) is 0.577. The number of aryl methyl sites for hydroxylation is 1. The number of halogens is 1. The zero-order valence-corrected chi connectivity index (χ0v) is 10.6. The molecule has 0 amide bonds. The number of nitrogens with zero attached hydrogens (tertiary/aromatic N) is 3. The molecule has 2 rings (SSSR count). The van der Waals surface area contributed by atoms with Crippen molar-refractivity contribution in [1.82, 2.24) is 14.8 Å². The molecule has 2 aromatic rings. The summed E-state index contributed by atoms with van der Waals surface area (Å²) in [5.74, 6) is -0.386. The molecule has 0 fully saturated rings. The fourth-order valence-corrected chi connectivity index (χ4v) is 2.22. The summed E-state index contributed by atoms with van der Waals surface area (Å²) in [4.78, 5) is 0. The van der Waals surface area contributed by atoms with Gasteiger partial charge in [0.1, 0.15) is 5.82 Å². The highest BCUT2D eigenvalue weighted by Gasteiger charge is 2.20. The summed E-state index contributed by atoms with van der Waals surface area (Å²) in [5.41, 5.74) is 0.926. The van der Waals surface area contributed by atoms with E-state index in [1.165, 1.54) is 19.2 Å². The Morgan fingerprint density at radius 3 is 2.50 bits per heavy atom. The summed E-state index contributed by atoms with van der Waals surface area (Å²) in [6.45, 7) is 1.75. The van der Waals surface area contributed by atoms with Crippen LogP contribution in [0.15, 0.2) is 23.4 Å². The molecule has 2 N–H and O–H groups in total. The maximum Gasteiger partial charge on any atom is 0.273 e. The molecule has 18 heavy (non-hydrogen) atoms. The van der Waals surface area contributed by atoms with Crippen molar-refractivity contribution < 1.29 is 12.8 Å². The van der Waals surface area contributed by atoms with Crippen molar-refractivity contribution in [2.75, 3.05) is 0 Å². The van der Waals surface area contributed by atoms with E-state index in [0.29, 0.717) is 0 Å². The molecule has 0 radical (unpaired) electrons. The fourth-order valence-electron chi connectivity index (χ4n) is 1.60. The second-order valence-electron chi connectivity index (χ2n) is 3.89. The molecular weight excluding hydrogens is 259 g/mol. The van der Waals surface area contributed by atoms with Crippen molar-refractivity contribution in [3.8, 4) is 11.4 Å². The maximum atomic E-state index is 13.8. The van der Waals surface area contributed by atoms with E-state index in [-0.39, 0.29) is 11.4 Å². The third kappa shape index (κ3) is 2.12. The Morgan fingerprint density at radius 1 is 1.33 bits per heavy atom. The molecule has 0 aliphatic heterocycles. The zero-order valence-electron chi connectivity index (χ0n) is 9.75. The smallest absolute Gasteiger partial charge is 0.273 e. The summed E-state index contributed by atoms with van der Waals surface area (Å²) in [6.07, 6.45) is 0. The van der Waals surface area contributed by atoms with Crippen LogP contribution < -0.4 is 5.14 Å². The van der Waals surface area contributed by atoms with Crippen LogP contribution in [-0.4, -0.2) is 23.2 Å². The molecule has 96 valence electrons. The highest BCUT2D eigenvalue weighted by atomic mass is 32.2. The van der Waals surface area contributed by atoms with Gasteiger partial charge in [0, 0.05) is 7.05 Å². The average molecular weight is 270 g/mol. The van der Waals surface area contributed by atoms with E-state index in [1.54, 1.807) is 13.0 Å². The van der Waals surface area contributed by atoms with Crippen molar-refractivity contribution >= 4 is 10.0 Å². The first-order valence-corrected chi connectivity index (χ1v) is 6.54. The van der Waals surface area contributed by atoms with Crippen molar-refractivity contribution in [3.63, 3.8) is 0 Å². The van der Waals surface area contributed by atoms with Gasteiger partial charge in [0.15, 0.2) is 5.82 Å². The Bertz CT molecular complexity index is 709. The maximum absolute atomic E-state index is 13.8. The molecule has 0 spiro atoms. The van der Waals surface area contributed by atoms with E-state index >= 15 is 0 Å². The minimum atomic E-state index is -3.97. The number of hydrogen-bond acceptors (Lipinski definition) is 4. The summed E-state index contributed by atoms with van der Waals surface area (Å²) >= 11 is 0. The van der Waals surface area contributed by atoms with E-state index in [9.17, 15) is 12.8 Å². The Morgan fingerprint density at radius 2 is 2.00 bits per heavy atom. The van der Waals surface area contributed by atoms with E-state index in [4.69, 9.17) is 5.14 Å². The normalized spacial score (nSPS) is 11.8. The number of nitrogens with two attached hydrogens (primary N) is 1. The standard InChI is InChI=1S/C10H11FN4O2S/c1-6-3-4-7(8(11)5-6)9-13-14-10(15(9)2)18(12,16)17/h3-5H,1-2H3,(H2,12,16,17). The Balaban J connectivity index is 2.63. The van der Waals surface area contributed by atoms with Crippen LogP contribution in [-0.2, 0) is 17.1 Å². The Hall–Kier alpha value is -1.80. The third-order valence-corrected chi connectivity index (χ3v) is 3.32. The van der Waals surface area contributed by atoms with Crippen molar-refractivity contribution in [3.05, 3.63) is 29.6 Å².